The Morgan fingerprint density at radius 1 is 1.00 bits per heavy atom. The van der Waals surface area contributed by atoms with Crippen LogP contribution in [0.1, 0.15) is 16.8 Å². The predicted octanol–water partition coefficient (Wildman–Crippen LogP) is 3.98. The fourth-order valence-electron chi connectivity index (χ4n) is 3.32. The second-order valence-corrected chi connectivity index (χ2v) is 8.87. The van der Waals surface area contributed by atoms with Gasteiger partial charge in [-0.05, 0) is 54.8 Å². The van der Waals surface area contributed by atoms with Crippen LogP contribution in [-0.2, 0) is 35.8 Å². The van der Waals surface area contributed by atoms with Gasteiger partial charge in [0.25, 0.3) is 5.89 Å². The van der Waals surface area contributed by atoms with Gasteiger partial charge in [-0.15, -0.1) is 0 Å². The summed E-state index contributed by atoms with van der Waals surface area (Å²) in [6.45, 7) is -0.918. The van der Waals surface area contributed by atoms with E-state index in [1.165, 1.54) is 42.6 Å². The molecule has 4 aromatic rings. The molecule has 0 saturated heterocycles. The van der Waals surface area contributed by atoms with E-state index in [1.807, 2.05) is 0 Å². The number of primary sulfonamides is 1. The Morgan fingerprint density at radius 3 is 2.26 bits per heavy atom. The summed E-state index contributed by atoms with van der Waals surface area (Å²) in [5.41, 5.74) is 1.16. The number of aromatic nitrogens is 4. The van der Waals surface area contributed by atoms with Gasteiger partial charge >= 0.3 is 6.18 Å². The Labute approximate surface area is 191 Å². The number of hydrogen-bond acceptors (Lipinski definition) is 6. The summed E-state index contributed by atoms with van der Waals surface area (Å²) < 4.78 is 81.0. The second-order valence-electron chi connectivity index (χ2n) is 7.31. The first-order valence-corrected chi connectivity index (χ1v) is 11.3. The Balaban J connectivity index is 1.56. The topological polar surface area (TPSA) is 117 Å². The molecule has 2 aromatic heterocycles. The fourth-order valence-corrected chi connectivity index (χ4v) is 3.84. The lowest BCUT2D eigenvalue weighted by atomic mass is 10.0. The molecule has 2 N–H and O–H groups in total. The first kappa shape index (κ1) is 23.6. The molecule has 0 aliphatic carbocycles. The third-order valence-corrected chi connectivity index (χ3v) is 6.02. The van der Waals surface area contributed by atoms with Gasteiger partial charge in [-0.1, -0.05) is 17.3 Å². The molecule has 0 radical (unpaired) electrons. The minimum atomic E-state index is -4.42. The summed E-state index contributed by atoms with van der Waals surface area (Å²) in [6, 6.07) is 10.3. The van der Waals surface area contributed by atoms with E-state index in [4.69, 9.17) is 9.66 Å². The van der Waals surface area contributed by atoms with Crippen LogP contribution in [0.4, 0.5) is 17.6 Å². The number of rotatable bonds is 7. The Hall–Kier alpha value is -3.58. The van der Waals surface area contributed by atoms with Crippen molar-refractivity contribution < 1.29 is 30.5 Å². The van der Waals surface area contributed by atoms with Crippen LogP contribution in [0.15, 0.2) is 64.1 Å². The van der Waals surface area contributed by atoms with Gasteiger partial charge in [0.1, 0.15) is 0 Å². The van der Waals surface area contributed by atoms with Gasteiger partial charge in [-0.25, -0.2) is 22.6 Å². The lowest BCUT2D eigenvalue weighted by molar-refractivity contribution is -0.137. The monoisotopic (exact) mass is 495 g/mol. The molecule has 0 fully saturated rings. The molecule has 178 valence electrons. The highest BCUT2D eigenvalue weighted by molar-refractivity contribution is 7.89. The molecule has 2 heterocycles. The Kier molecular flexibility index (Phi) is 6.23. The van der Waals surface area contributed by atoms with Gasteiger partial charge in [-0.3, -0.25) is 0 Å². The van der Waals surface area contributed by atoms with E-state index in [-0.39, 0.29) is 23.0 Å². The van der Waals surface area contributed by atoms with Crippen molar-refractivity contribution in [3.63, 3.8) is 0 Å². The molecule has 34 heavy (non-hydrogen) atoms. The second kappa shape index (κ2) is 8.99. The molecule has 0 aliphatic rings. The largest absolute Gasteiger partial charge is 0.416 e. The maximum atomic E-state index is 13.5. The Morgan fingerprint density at radius 2 is 1.68 bits per heavy atom. The molecule has 13 heteroatoms. The smallest absolute Gasteiger partial charge is 0.333 e. The lowest BCUT2D eigenvalue weighted by Crippen LogP contribution is -2.11. The van der Waals surface area contributed by atoms with Crippen molar-refractivity contribution in [1.82, 2.24) is 19.9 Å². The normalized spacial score (nSPS) is 12.3. The zero-order valence-corrected chi connectivity index (χ0v) is 18.1. The quantitative estimate of drug-likeness (QED) is 0.388. The molecule has 0 spiro atoms. The van der Waals surface area contributed by atoms with E-state index in [9.17, 15) is 26.0 Å². The van der Waals surface area contributed by atoms with E-state index >= 15 is 0 Å². The van der Waals surface area contributed by atoms with E-state index < -0.39 is 28.6 Å². The predicted molar refractivity (Wildman–Crippen MR) is 112 cm³/mol. The van der Waals surface area contributed by atoms with E-state index in [1.54, 1.807) is 0 Å². The zero-order valence-electron chi connectivity index (χ0n) is 17.3. The molecular formula is C21H17F4N5O3S. The first-order valence-electron chi connectivity index (χ1n) is 9.80. The molecule has 0 unspecified atom stereocenters. The SMILES string of the molecule is NS(=O)(=O)c1ccc(-c2noc(-c3cnn(CF)c3CCc3ccc(C(F)(F)F)cc3)n2)cc1. The van der Waals surface area contributed by atoms with Crippen molar-refractivity contribution in [1.29, 1.82) is 0 Å². The van der Waals surface area contributed by atoms with Crippen molar-refractivity contribution in [3.05, 3.63) is 71.5 Å². The number of alkyl halides is 4. The van der Waals surface area contributed by atoms with Crippen LogP contribution in [-0.4, -0.2) is 28.3 Å². The van der Waals surface area contributed by atoms with Crippen LogP contribution < -0.4 is 5.14 Å². The van der Waals surface area contributed by atoms with Crippen LogP contribution in [0, 0.1) is 0 Å². The fraction of sp³-hybridized carbons (Fsp3) is 0.190. The summed E-state index contributed by atoms with van der Waals surface area (Å²) in [4.78, 5) is 4.21. The number of benzene rings is 2. The van der Waals surface area contributed by atoms with Crippen LogP contribution in [0.3, 0.4) is 0 Å². The summed E-state index contributed by atoms with van der Waals surface area (Å²) in [5, 5.41) is 12.9. The lowest BCUT2D eigenvalue weighted by Gasteiger charge is -2.08. The zero-order chi connectivity index (χ0) is 24.5. The minimum absolute atomic E-state index is 0.0626. The molecule has 0 saturated carbocycles. The molecular weight excluding hydrogens is 478 g/mol. The Bertz CT molecular complexity index is 1400. The molecule has 0 bridgehead atoms. The highest BCUT2D eigenvalue weighted by atomic mass is 32.2. The summed E-state index contributed by atoms with van der Waals surface area (Å²) in [6.07, 6.45) is -2.48. The van der Waals surface area contributed by atoms with Gasteiger partial charge in [0.05, 0.1) is 27.9 Å². The highest BCUT2D eigenvalue weighted by Gasteiger charge is 2.30. The third-order valence-electron chi connectivity index (χ3n) is 5.09. The number of aryl methyl sites for hydroxylation is 1. The molecule has 8 nitrogen and oxygen atoms in total. The number of nitrogens with zero attached hydrogens (tertiary/aromatic N) is 4. The van der Waals surface area contributed by atoms with Gasteiger partial charge in [0.15, 0.2) is 6.80 Å². The maximum Gasteiger partial charge on any atom is 0.416 e. The van der Waals surface area contributed by atoms with Crippen molar-refractivity contribution in [2.75, 3.05) is 0 Å². The van der Waals surface area contributed by atoms with Gasteiger partial charge < -0.3 is 4.52 Å². The molecule has 0 aliphatic heterocycles. The van der Waals surface area contributed by atoms with Crippen LogP contribution >= 0.6 is 0 Å². The molecule has 2 aromatic carbocycles. The summed E-state index contributed by atoms with van der Waals surface area (Å²) in [7, 11) is -3.85. The number of halogens is 4. The van der Waals surface area contributed by atoms with Crippen LogP contribution in [0.2, 0.25) is 0 Å². The first-order chi connectivity index (χ1) is 16.1. The van der Waals surface area contributed by atoms with E-state index in [0.29, 0.717) is 28.8 Å². The van der Waals surface area contributed by atoms with Crippen LogP contribution in [0.25, 0.3) is 22.8 Å². The average Bonchev–Trinajstić information content (AvgIpc) is 3.43. The average molecular weight is 495 g/mol. The van der Waals surface area contributed by atoms with Gasteiger partial charge in [0, 0.05) is 5.56 Å². The van der Waals surface area contributed by atoms with E-state index in [2.05, 4.69) is 15.2 Å². The van der Waals surface area contributed by atoms with Crippen molar-refractivity contribution in [2.45, 2.75) is 30.7 Å². The van der Waals surface area contributed by atoms with Crippen molar-refractivity contribution in [2.24, 2.45) is 5.14 Å². The van der Waals surface area contributed by atoms with Crippen molar-refractivity contribution >= 4 is 10.0 Å². The molecule has 0 amide bonds. The number of nitrogens with two attached hydrogens (primary N) is 1. The molecule has 4 rings (SSSR count). The van der Waals surface area contributed by atoms with Gasteiger partial charge in [0.2, 0.25) is 15.8 Å². The van der Waals surface area contributed by atoms with Crippen molar-refractivity contribution in [3.8, 4) is 22.8 Å². The van der Waals surface area contributed by atoms with E-state index in [0.717, 1.165) is 16.8 Å². The maximum absolute atomic E-state index is 13.5. The third kappa shape index (κ3) is 4.99. The minimum Gasteiger partial charge on any atom is -0.333 e. The standard InChI is InChI=1S/C21H17F4N5O3S/c22-12-30-18(10-3-13-1-6-15(7-2-13)21(23,24)25)17(11-27-30)20-28-19(29-33-20)14-4-8-16(9-5-14)34(26,31)32/h1-2,4-9,11H,3,10,12H2,(H2,26,31,32). The number of sulfonamides is 1. The summed E-state index contributed by atoms with van der Waals surface area (Å²) in [5.74, 6) is 0.227. The number of hydrogen-bond donors (Lipinski definition) is 1. The van der Waals surface area contributed by atoms with Crippen LogP contribution in [0.5, 0.6) is 0 Å². The molecule has 0 atom stereocenters. The van der Waals surface area contributed by atoms with Gasteiger partial charge in [-0.2, -0.15) is 23.3 Å². The summed E-state index contributed by atoms with van der Waals surface area (Å²) >= 11 is 0. The highest BCUT2D eigenvalue weighted by Crippen LogP contribution is 2.30.